The van der Waals surface area contributed by atoms with Gasteiger partial charge in [0.1, 0.15) is 5.75 Å². The third-order valence-corrected chi connectivity index (χ3v) is 3.58. The fourth-order valence-corrected chi connectivity index (χ4v) is 2.38. The number of halogens is 3. The van der Waals surface area contributed by atoms with Crippen molar-refractivity contribution >= 4 is 10.0 Å². The lowest BCUT2D eigenvalue weighted by Gasteiger charge is -2.11. The second-order valence-electron chi connectivity index (χ2n) is 3.76. The van der Waals surface area contributed by atoms with E-state index in [1.54, 1.807) is 0 Å². The second-order valence-corrected chi connectivity index (χ2v) is 5.52. The van der Waals surface area contributed by atoms with Crippen molar-refractivity contribution in [3.63, 3.8) is 0 Å². The fourth-order valence-electron chi connectivity index (χ4n) is 1.34. The zero-order chi connectivity index (χ0) is 15.9. The highest BCUT2D eigenvalue weighted by Gasteiger charge is 2.31. The SMILES string of the molecule is O=S(=O)(NCCOCCO)c1cccc(OC(F)(F)F)c1. The Hall–Kier alpha value is -1.36. The summed E-state index contributed by atoms with van der Waals surface area (Å²) in [4.78, 5) is -0.355. The zero-order valence-electron chi connectivity index (χ0n) is 10.8. The van der Waals surface area contributed by atoms with E-state index in [2.05, 4.69) is 9.46 Å². The molecule has 1 aromatic carbocycles. The van der Waals surface area contributed by atoms with Gasteiger partial charge in [-0.15, -0.1) is 13.2 Å². The fraction of sp³-hybridized carbons (Fsp3) is 0.455. The third-order valence-electron chi connectivity index (χ3n) is 2.12. The summed E-state index contributed by atoms with van der Waals surface area (Å²) in [5.41, 5.74) is 0. The summed E-state index contributed by atoms with van der Waals surface area (Å²) in [6, 6.07) is 4.04. The number of benzene rings is 1. The van der Waals surface area contributed by atoms with E-state index in [1.165, 1.54) is 0 Å². The first-order chi connectivity index (χ1) is 9.74. The Morgan fingerprint density at radius 1 is 1.24 bits per heavy atom. The molecule has 0 atom stereocenters. The average Bonchev–Trinajstić information content (AvgIpc) is 2.37. The molecule has 0 spiro atoms. The van der Waals surface area contributed by atoms with Gasteiger partial charge in [-0.1, -0.05) is 6.07 Å². The van der Waals surface area contributed by atoms with Crippen molar-refractivity contribution in [3.8, 4) is 5.75 Å². The molecule has 2 N–H and O–H groups in total. The number of sulfonamides is 1. The molecule has 0 aliphatic heterocycles. The monoisotopic (exact) mass is 329 g/mol. The Kier molecular flexibility index (Phi) is 6.40. The van der Waals surface area contributed by atoms with Crippen LogP contribution in [-0.4, -0.2) is 46.3 Å². The molecule has 0 saturated heterocycles. The van der Waals surface area contributed by atoms with Crippen LogP contribution in [0, 0.1) is 0 Å². The minimum absolute atomic E-state index is 0.0263. The van der Waals surface area contributed by atoms with Gasteiger partial charge in [0.15, 0.2) is 0 Å². The van der Waals surface area contributed by atoms with Gasteiger partial charge < -0.3 is 14.6 Å². The van der Waals surface area contributed by atoms with Crippen LogP contribution in [0.15, 0.2) is 29.2 Å². The van der Waals surface area contributed by atoms with Crippen LogP contribution >= 0.6 is 0 Å². The van der Waals surface area contributed by atoms with E-state index in [9.17, 15) is 21.6 Å². The van der Waals surface area contributed by atoms with Crippen LogP contribution in [-0.2, 0) is 14.8 Å². The van der Waals surface area contributed by atoms with Crippen molar-refractivity contribution in [2.24, 2.45) is 0 Å². The summed E-state index contributed by atoms with van der Waals surface area (Å²) in [7, 11) is -3.97. The maximum absolute atomic E-state index is 12.1. The molecule has 0 radical (unpaired) electrons. The molecule has 0 aliphatic rings. The quantitative estimate of drug-likeness (QED) is 0.692. The predicted octanol–water partition coefficient (Wildman–Crippen LogP) is 0.872. The lowest BCUT2D eigenvalue weighted by molar-refractivity contribution is -0.274. The molecule has 0 aliphatic carbocycles. The van der Waals surface area contributed by atoms with E-state index in [0.717, 1.165) is 24.3 Å². The van der Waals surface area contributed by atoms with Gasteiger partial charge in [-0.25, -0.2) is 13.1 Å². The number of aliphatic hydroxyl groups is 1. The molecular weight excluding hydrogens is 315 g/mol. The molecular formula is C11H14F3NO5S. The lowest BCUT2D eigenvalue weighted by Crippen LogP contribution is -2.28. The molecule has 21 heavy (non-hydrogen) atoms. The summed E-state index contributed by atoms with van der Waals surface area (Å²) in [6.45, 7) is -0.175. The Morgan fingerprint density at radius 3 is 2.57 bits per heavy atom. The number of alkyl halides is 3. The molecule has 0 aromatic heterocycles. The Morgan fingerprint density at radius 2 is 1.95 bits per heavy atom. The zero-order valence-corrected chi connectivity index (χ0v) is 11.6. The number of ether oxygens (including phenoxy) is 2. The first kappa shape index (κ1) is 17.7. The standard InChI is InChI=1S/C11H14F3NO5S/c12-11(13,14)20-9-2-1-3-10(8-9)21(17,18)15-4-6-19-7-5-16/h1-3,8,15-16H,4-7H2. The lowest BCUT2D eigenvalue weighted by atomic mass is 10.3. The normalized spacial score (nSPS) is 12.4. The van der Waals surface area contributed by atoms with E-state index in [1.807, 2.05) is 0 Å². The Labute approximate surface area is 119 Å². The maximum atomic E-state index is 12.1. The third kappa shape index (κ3) is 6.76. The smallest absolute Gasteiger partial charge is 0.406 e. The summed E-state index contributed by atoms with van der Waals surface area (Å²) in [5.74, 6) is -0.623. The van der Waals surface area contributed by atoms with Gasteiger partial charge in [-0.05, 0) is 12.1 Å². The Balaban J connectivity index is 2.68. The van der Waals surface area contributed by atoms with Gasteiger partial charge in [-0.3, -0.25) is 0 Å². The van der Waals surface area contributed by atoms with Gasteiger partial charge in [0.05, 0.1) is 24.7 Å². The van der Waals surface area contributed by atoms with Gasteiger partial charge in [0, 0.05) is 12.6 Å². The van der Waals surface area contributed by atoms with Crippen molar-refractivity contribution in [2.75, 3.05) is 26.4 Å². The molecule has 0 saturated carbocycles. The van der Waals surface area contributed by atoms with Crippen LogP contribution in [0.3, 0.4) is 0 Å². The highest BCUT2D eigenvalue weighted by Crippen LogP contribution is 2.24. The number of hydrogen-bond donors (Lipinski definition) is 2. The van der Waals surface area contributed by atoms with Crippen LogP contribution in [0.5, 0.6) is 5.75 Å². The molecule has 6 nitrogen and oxygen atoms in total. The van der Waals surface area contributed by atoms with Crippen LogP contribution < -0.4 is 9.46 Å². The van der Waals surface area contributed by atoms with Crippen LogP contribution in [0.1, 0.15) is 0 Å². The van der Waals surface area contributed by atoms with Crippen LogP contribution in [0.25, 0.3) is 0 Å². The highest BCUT2D eigenvalue weighted by molar-refractivity contribution is 7.89. The van der Waals surface area contributed by atoms with E-state index in [-0.39, 0.29) is 31.3 Å². The number of nitrogens with one attached hydrogen (secondary N) is 1. The minimum atomic E-state index is -4.89. The molecule has 1 aromatic rings. The number of hydrogen-bond acceptors (Lipinski definition) is 5. The van der Waals surface area contributed by atoms with Crippen molar-refractivity contribution < 1.29 is 36.2 Å². The molecule has 0 unspecified atom stereocenters. The van der Waals surface area contributed by atoms with Gasteiger partial charge in [-0.2, -0.15) is 0 Å². The van der Waals surface area contributed by atoms with Crippen molar-refractivity contribution in [1.82, 2.24) is 4.72 Å². The molecule has 120 valence electrons. The van der Waals surface area contributed by atoms with E-state index >= 15 is 0 Å². The van der Waals surface area contributed by atoms with Gasteiger partial charge in [0.2, 0.25) is 10.0 Å². The average molecular weight is 329 g/mol. The van der Waals surface area contributed by atoms with Gasteiger partial charge >= 0.3 is 6.36 Å². The second kappa shape index (κ2) is 7.59. The van der Waals surface area contributed by atoms with E-state index in [4.69, 9.17) is 9.84 Å². The first-order valence-electron chi connectivity index (χ1n) is 5.79. The van der Waals surface area contributed by atoms with Crippen molar-refractivity contribution in [3.05, 3.63) is 24.3 Å². The highest BCUT2D eigenvalue weighted by atomic mass is 32.2. The van der Waals surface area contributed by atoms with Crippen LogP contribution in [0.2, 0.25) is 0 Å². The molecule has 10 heteroatoms. The molecule has 0 bridgehead atoms. The summed E-state index contributed by atoms with van der Waals surface area (Å²) in [6.07, 6.45) is -4.89. The topological polar surface area (TPSA) is 84.9 Å². The van der Waals surface area contributed by atoms with E-state index < -0.39 is 22.1 Å². The number of rotatable bonds is 8. The van der Waals surface area contributed by atoms with Crippen molar-refractivity contribution in [1.29, 1.82) is 0 Å². The first-order valence-corrected chi connectivity index (χ1v) is 7.27. The predicted molar refractivity (Wildman–Crippen MR) is 66.2 cm³/mol. The van der Waals surface area contributed by atoms with Crippen molar-refractivity contribution in [2.45, 2.75) is 11.3 Å². The summed E-state index contributed by atoms with van der Waals surface area (Å²) < 4.78 is 70.5. The Bertz CT molecular complexity index is 547. The summed E-state index contributed by atoms with van der Waals surface area (Å²) >= 11 is 0. The largest absolute Gasteiger partial charge is 0.573 e. The van der Waals surface area contributed by atoms with Crippen LogP contribution in [0.4, 0.5) is 13.2 Å². The minimum Gasteiger partial charge on any atom is -0.406 e. The molecule has 0 amide bonds. The molecule has 1 rings (SSSR count). The molecule has 0 heterocycles. The van der Waals surface area contributed by atoms with Gasteiger partial charge in [0.25, 0.3) is 0 Å². The van der Waals surface area contributed by atoms with E-state index in [0.29, 0.717) is 0 Å². The summed E-state index contributed by atoms with van der Waals surface area (Å²) in [5, 5.41) is 8.46. The maximum Gasteiger partial charge on any atom is 0.573 e. The molecule has 0 fully saturated rings. The number of aliphatic hydroxyl groups excluding tert-OH is 1.